The molecule has 3 atom stereocenters. The van der Waals surface area contributed by atoms with E-state index in [0.717, 1.165) is 4.90 Å². The summed E-state index contributed by atoms with van der Waals surface area (Å²) >= 11 is 0. The predicted octanol–water partition coefficient (Wildman–Crippen LogP) is -2.65. The maximum Gasteiger partial charge on any atom is 0.252 e. The molecular weight excluding hydrogens is 450 g/mol. The van der Waals surface area contributed by atoms with Gasteiger partial charge < -0.3 is 46.2 Å². The molecule has 3 unspecified atom stereocenters. The number of benzene rings is 1. The Morgan fingerprint density at radius 2 is 1.32 bits per heavy atom. The minimum atomic E-state index is -1.27. The van der Waals surface area contributed by atoms with Gasteiger partial charge in [0.1, 0.15) is 0 Å². The number of carbonyl (C=O) groups excluding carboxylic acids is 3. The van der Waals surface area contributed by atoms with Crippen LogP contribution in [0.15, 0.2) is 0 Å². The number of rotatable bonds is 14. The third-order valence-corrected chi connectivity index (χ3v) is 5.33. The Labute approximate surface area is 197 Å². The first-order chi connectivity index (χ1) is 16.1. The van der Waals surface area contributed by atoms with Gasteiger partial charge in [0.15, 0.2) is 0 Å². The van der Waals surface area contributed by atoms with Crippen molar-refractivity contribution >= 4 is 23.9 Å². The van der Waals surface area contributed by atoms with Gasteiger partial charge >= 0.3 is 0 Å². The van der Waals surface area contributed by atoms with E-state index in [1.807, 2.05) is 0 Å². The molecular formula is C22H35N3O9. The number of amides is 3. The Hall–Kier alpha value is -2.61. The fourth-order valence-corrected chi connectivity index (χ4v) is 3.68. The number of hydrogen-bond acceptors (Lipinski definition) is 9. The van der Waals surface area contributed by atoms with Crippen LogP contribution in [0.1, 0.15) is 44.3 Å². The third-order valence-electron chi connectivity index (χ3n) is 5.33. The summed E-state index contributed by atoms with van der Waals surface area (Å²) in [5.74, 6) is -1.31. The highest BCUT2D eigenvalue weighted by atomic mass is 16.3. The van der Waals surface area contributed by atoms with Gasteiger partial charge in [0, 0.05) is 24.2 Å². The van der Waals surface area contributed by atoms with Crippen LogP contribution in [0.5, 0.6) is 0 Å². The highest BCUT2D eigenvalue weighted by Gasteiger charge is 2.29. The Morgan fingerprint density at radius 1 is 0.853 bits per heavy atom. The zero-order chi connectivity index (χ0) is 26.0. The molecule has 0 saturated heterocycles. The Kier molecular flexibility index (Phi) is 12.1. The van der Waals surface area contributed by atoms with Gasteiger partial charge in [0.05, 0.1) is 50.4 Å². The number of aliphatic hydroxyl groups excluding tert-OH is 6. The normalized spacial score (nSPS) is 13.7. The zero-order valence-electron chi connectivity index (χ0n) is 19.6. The van der Waals surface area contributed by atoms with Crippen molar-refractivity contribution in [3.05, 3.63) is 27.8 Å². The molecule has 8 N–H and O–H groups in total. The summed E-state index contributed by atoms with van der Waals surface area (Å²) in [5, 5.41) is 61.4. The van der Waals surface area contributed by atoms with Gasteiger partial charge in [-0.05, 0) is 37.0 Å². The van der Waals surface area contributed by atoms with E-state index in [4.69, 9.17) is 10.2 Å². The monoisotopic (exact) mass is 485 g/mol. The number of carbonyl (C=O) groups is 3. The summed E-state index contributed by atoms with van der Waals surface area (Å²) in [4.78, 5) is 39.2. The smallest absolute Gasteiger partial charge is 0.252 e. The first-order valence-electron chi connectivity index (χ1n) is 10.9. The summed E-state index contributed by atoms with van der Waals surface area (Å²) in [6.07, 6.45) is -3.00. The first-order valence-corrected chi connectivity index (χ1v) is 10.9. The second kappa shape index (κ2) is 13.9. The number of aliphatic hydroxyl groups is 6. The Bertz CT molecular complexity index is 863. The Balaban J connectivity index is 3.74. The van der Waals surface area contributed by atoms with Crippen molar-refractivity contribution in [3.63, 3.8) is 0 Å². The summed E-state index contributed by atoms with van der Waals surface area (Å²) < 4.78 is 0. The molecule has 3 amide bonds. The highest BCUT2D eigenvalue weighted by molar-refractivity contribution is 6.07. The molecule has 12 heteroatoms. The van der Waals surface area contributed by atoms with Crippen LogP contribution < -0.4 is 15.5 Å². The molecule has 34 heavy (non-hydrogen) atoms. The lowest BCUT2D eigenvalue weighted by Crippen LogP contribution is -2.39. The fourth-order valence-electron chi connectivity index (χ4n) is 3.68. The van der Waals surface area contributed by atoms with Crippen LogP contribution in [-0.4, -0.2) is 107 Å². The van der Waals surface area contributed by atoms with Gasteiger partial charge in [-0.25, -0.2) is 0 Å². The lowest BCUT2D eigenvalue weighted by Gasteiger charge is -2.29. The first kappa shape index (κ1) is 29.4. The summed E-state index contributed by atoms with van der Waals surface area (Å²) in [6, 6.07) is 0. The van der Waals surface area contributed by atoms with Gasteiger partial charge in [0.2, 0.25) is 6.41 Å². The van der Waals surface area contributed by atoms with Crippen LogP contribution in [0.4, 0.5) is 5.69 Å². The molecule has 0 spiro atoms. The molecule has 0 aliphatic rings. The zero-order valence-corrected chi connectivity index (χ0v) is 19.6. The van der Waals surface area contributed by atoms with Crippen molar-refractivity contribution in [2.45, 2.75) is 45.5 Å². The molecule has 0 aliphatic carbocycles. The topological polar surface area (TPSA) is 200 Å². The maximum atomic E-state index is 13.1. The number of hydrogen-bond donors (Lipinski definition) is 8. The van der Waals surface area contributed by atoms with Gasteiger partial charge in [0.25, 0.3) is 11.8 Å². The summed E-state index contributed by atoms with van der Waals surface area (Å²) in [5.41, 5.74) is 1.33. The van der Waals surface area contributed by atoms with Crippen LogP contribution in [0.2, 0.25) is 0 Å². The second-order valence-corrected chi connectivity index (χ2v) is 7.87. The van der Waals surface area contributed by atoms with Crippen molar-refractivity contribution < 1.29 is 45.0 Å². The van der Waals surface area contributed by atoms with Crippen LogP contribution in [-0.2, 0) is 11.2 Å². The maximum absolute atomic E-state index is 13.1. The SMILES string of the molecule is CCc1c(C(=O)NCC(O)CO)c(C)c(C(=O)NCC(O)CO)c(C)c1N(C=O)CC(O)CO. The van der Waals surface area contributed by atoms with E-state index < -0.39 is 49.9 Å². The van der Waals surface area contributed by atoms with Gasteiger partial charge in [-0.15, -0.1) is 0 Å². The minimum absolute atomic E-state index is 0.0514. The molecule has 0 aromatic heterocycles. The van der Waals surface area contributed by atoms with Crippen molar-refractivity contribution in [1.29, 1.82) is 0 Å². The minimum Gasteiger partial charge on any atom is -0.394 e. The van der Waals surface area contributed by atoms with Gasteiger partial charge in [-0.1, -0.05) is 6.92 Å². The van der Waals surface area contributed by atoms with Crippen molar-refractivity contribution in [1.82, 2.24) is 10.6 Å². The highest BCUT2D eigenvalue weighted by Crippen LogP contribution is 2.35. The quantitative estimate of drug-likeness (QED) is 0.130. The standard InChI is InChI=1S/C22H35N3O9/c1-4-17-19(22(34)24-6-15(31)9-27)12(2)18(21(33)23-5-14(30)8-26)13(3)20(17)25(11-29)7-16(32)10-28/h11,14-16,26-28,30-32H,4-10H2,1-3H3,(H,23,33)(H,24,34). The lowest BCUT2D eigenvalue weighted by molar-refractivity contribution is -0.107. The van der Waals surface area contributed by atoms with Crippen LogP contribution in [0, 0.1) is 13.8 Å². The second-order valence-electron chi connectivity index (χ2n) is 7.87. The molecule has 0 heterocycles. The van der Waals surface area contributed by atoms with E-state index in [9.17, 15) is 34.8 Å². The molecule has 0 radical (unpaired) electrons. The Morgan fingerprint density at radius 3 is 1.74 bits per heavy atom. The van der Waals surface area contributed by atoms with Crippen molar-refractivity contribution in [3.8, 4) is 0 Å². The molecule has 1 aromatic rings. The molecule has 1 rings (SSSR count). The molecule has 192 valence electrons. The predicted molar refractivity (Wildman–Crippen MR) is 123 cm³/mol. The molecule has 0 saturated carbocycles. The van der Waals surface area contributed by atoms with E-state index in [1.165, 1.54) is 0 Å². The average Bonchev–Trinajstić information content (AvgIpc) is 2.83. The number of anilines is 1. The molecule has 0 aliphatic heterocycles. The molecule has 0 fully saturated rings. The summed E-state index contributed by atoms with van der Waals surface area (Å²) in [7, 11) is 0. The van der Waals surface area contributed by atoms with Crippen LogP contribution in [0.3, 0.4) is 0 Å². The third kappa shape index (κ3) is 7.19. The molecule has 0 bridgehead atoms. The fraction of sp³-hybridized carbons (Fsp3) is 0.591. The van der Waals surface area contributed by atoms with Crippen molar-refractivity contribution in [2.24, 2.45) is 0 Å². The number of nitrogens with one attached hydrogen (secondary N) is 2. The largest absolute Gasteiger partial charge is 0.394 e. The molecule has 12 nitrogen and oxygen atoms in total. The van der Waals surface area contributed by atoms with E-state index in [2.05, 4.69) is 10.6 Å². The number of nitrogens with zero attached hydrogens (tertiary/aromatic N) is 1. The summed E-state index contributed by atoms with van der Waals surface area (Å²) in [6.45, 7) is 2.27. The van der Waals surface area contributed by atoms with E-state index >= 15 is 0 Å². The average molecular weight is 486 g/mol. The van der Waals surface area contributed by atoms with E-state index in [0.29, 0.717) is 17.5 Å². The van der Waals surface area contributed by atoms with Crippen LogP contribution >= 0.6 is 0 Å². The van der Waals surface area contributed by atoms with Crippen LogP contribution in [0.25, 0.3) is 0 Å². The van der Waals surface area contributed by atoms with Gasteiger partial charge in [-0.3, -0.25) is 14.4 Å². The lowest BCUT2D eigenvalue weighted by atomic mass is 9.87. The van der Waals surface area contributed by atoms with E-state index in [1.54, 1.807) is 20.8 Å². The van der Waals surface area contributed by atoms with Crippen molar-refractivity contribution in [2.75, 3.05) is 44.4 Å². The van der Waals surface area contributed by atoms with E-state index in [-0.39, 0.29) is 48.4 Å². The molecule has 1 aromatic carbocycles. The van der Waals surface area contributed by atoms with Gasteiger partial charge in [-0.2, -0.15) is 0 Å².